The zero-order valence-electron chi connectivity index (χ0n) is 17.4. The molecule has 0 unspecified atom stereocenters. The number of carbonyl (C=O) groups excluding carboxylic acids is 1. The van der Waals surface area contributed by atoms with Crippen LogP contribution in [0.25, 0.3) is 0 Å². The maximum atomic E-state index is 11.9. The van der Waals surface area contributed by atoms with Crippen LogP contribution >= 0.6 is 0 Å². The third-order valence-electron chi connectivity index (χ3n) is 6.43. The molecule has 2 aromatic carbocycles. The molecule has 29 heavy (non-hydrogen) atoms. The third-order valence-corrected chi connectivity index (χ3v) is 6.43. The van der Waals surface area contributed by atoms with Crippen molar-refractivity contribution in [2.75, 3.05) is 7.11 Å². The number of ether oxygens (including phenoxy) is 1. The predicted molar refractivity (Wildman–Crippen MR) is 115 cm³/mol. The molecule has 1 N–H and O–H groups in total. The van der Waals surface area contributed by atoms with Crippen molar-refractivity contribution in [1.29, 1.82) is 5.41 Å². The minimum atomic E-state index is -0.339. The molecule has 1 aliphatic carbocycles. The Labute approximate surface area is 172 Å². The van der Waals surface area contributed by atoms with Gasteiger partial charge in [-0.15, -0.1) is 0 Å². The van der Waals surface area contributed by atoms with Crippen LogP contribution in [0.15, 0.2) is 60.3 Å². The molecule has 0 amide bonds. The van der Waals surface area contributed by atoms with Crippen molar-refractivity contribution >= 4 is 11.6 Å². The number of amidine groups is 1. The summed E-state index contributed by atoms with van der Waals surface area (Å²) < 4.78 is 5.52. The van der Waals surface area contributed by atoms with E-state index in [1.165, 1.54) is 22.4 Å². The molecular formula is C25H28N2O2. The highest BCUT2D eigenvalue weighted by molar-refractivity contribution is 5.89. The van der Waals surface area contributed by atoms with Gasteiger partial charge in [0, 0.05) is 24.0 Å². The molecule has 4 rings (SSSR count). The second-order valence-electron chi connectivity index (χ2n) is 8.18. The number of allylic oxidation sites excluding steroid dienone is 2. The van der Waals surface area contributed by atoms with Crippen LogP contribution in [0.4, 0.5) is 0 Å². The Morgan fingerprint density at radius 2 is 2.00 bits per heavy atom. The van der Waals surface area contributed by atoms with Crippen molar-refractivity contribution < 1.29 is 9.53 Å². The first kappa shape index (κ1) is 19.4. The molecule has 1 heterocycles. The van der Waals surface area contributed by atoms with Crippen LogP contribution in [-0.4, -0.2) is 23.6 Å². The summed E-state index contributed by atoms with van der Waals surface area (Å²) in [4.78, 5) is 14.1. The van der Waals surface area contributed by atoms with Crippen molar-refractivity contribution in [2.45, 2.75) is 51.0 Å². The van der Waals surface area contributed by atoms with Crippen molar-refractivity contribution in [1.82, 2.24) is 4.90 Å². The molecule has 0 aromatic heterocycles. The fraction of sp³-hybridized carbons (Fsp3) is 0.360. The molecule has 0 spiro atoms. The van der Waals surface area contributed by atoms with Gasteiger partial charge in [0.2, 0.25) is 0 Å². The fourth-order valence-corrected chi connectivity index (χ4v) is 4.94. The number of nitrogens with zero attached hydrogens (tertiary/aromatic N) is 1. The number of hydrogen-bond donors (Lipinski definition) is 1. The lowest BCUT2D eigenvalue weighted by molar-refractivity contribution is -0.117. The normalized spacial score (nSPS) is 21.3. The molecule has 1 fully saturated rings. The first-order valence-corrected chi connectivity index (χ1v) is 10.3. The lowest BCUT2D eigenvalue weighted by atomic mass is 9.68. The second-order valence-corrected chi connectivity index (χ2v) is 8.18. The van der Waals surface area contributed by atoms with Crippen molar-refractivity contribution in [3.05, 3.63) is 77.0 Å². The maximum Gasteiger partial charge on any atom is 0.129 e. The zero-order chi connectivity index (χ0) is 20.6. The molecule has 0 bridgehead atoms. The number of fused-ring (bicyclic) bond motifs is 3. The van der Waals surface area contributed by atoms with Crippen LogP contribution in [0.5, 0.6) is 5.75 Å². The second kappa shape index (κ2) is 7.51. The fourth-order valence-electron chi connectivity index (χ4n) is 4.94. The molecule has 2 aromatic rings. The highest BCUT2D eigenvalue weighted by Crippen LogP contribution is 2.53. The maximum absolute atomic E-state index is 11.9. The minimum Gasteiger partial charge on any atom is -0.497 e. The van der Waals surface area contributed by atoms with Crippen molar-refractivity contribution in [3.8, 4) is 5.75 Å². The highest BCUT2D eigenvalue weighted by Gasteiger charge is 2.50. The van der Waals surface area contributed by atoms with Gasteiger partial charge in [-0.25, -0.2) is 0 Å². The number of hydrogen-bond acceptors (Lipinski definition) is 3. The van der Waals surface area contributed by atoms with E-state index >= 15 is 0 Å². The van der Waals surface area contributed by atoms with E-state index in [2.05, 4.69) is 42.2 Å². The Kier molecular flexibility index (Phi) is 5.03. The number of methoxy groups -OCH3 is 1. The van der Waals surface area contributed by atoms with Gasteiger partial charge in [-0.2, -0.15) is 0 Å². The summed E-state index contributed by atoms with van der Waals surface area (Å²) in [6.07, 6.45) is 4.95. The topological polar surface area (TPSA) is 53.4 Å². The number of nitrogens with one attached hydrogen (secondary N) is 1. The Bertz CT molecular complexity index is 980. The van der Waals surface area contributed by atoms with Crippen molar-refractivity contribution in [2.24, 2.45) is 0 Å². The Morgan fingerprint density at radius 3 is 2.69 bits per heavy atom. The van der Waals surface area contributed by atoms with Gasteiger partial charge >= 0.3 is 0 Å². The Hall–Kier alpha value is -2.88. The SMILES string of the molecule is COc1ccc2c(c1)[C@]1(CCC(C)=O)CC(=N)N([C@H](C)c3ccccc3)C1=CC2. The van der Waals surface area contributed by atoms with E-state index in [9.17, 15) is 4.79 Å². The lowest BCUT2D eigenvalue weighted by Crippen LogP contribution is -2.34. The van der Waals surface area contributed by atoms with Gasteiger partial charge in [0.25, 0.3) is 0 Å². The molecule has 0 saturated carbocycles. The molecule has 2 atom stereocenters. The van der Waals surface area contributed by atoms with Gasteiger partial charge in [-0.05, 0) is 55.5 Å². The number of Topliss-reactive ketones (excluding diaryl/α,β-unsaturated/α-hetero) is 1. The average molecular weight is 389 g/mol. The molecule has 4 heteroatoms. The first-order chi connectivity index (χ1) is 14.0. The van der Waals surface area contributed by atoms with Crippen LogP contribution in [0.3, 0.4) is 0 Å². The van der Waals surface area contributed by atoms with E-state index in [0.29, 0.717) is 25.1 Å². The average Bonchev–Trinajstić information content (AvgIpc) is 3.04. The highest BCUT2D eigenvalue weighted by atomic mass is 16.5. The Morgan fingerprint density at radius 1 is 1.24 bits per heavy atom. The van der Waals surface area contributed by atoms with E-state index < -0.39 is 0 Å². The van der Waals surface area contributed by atoms with Gasteiger partial charge in [0.1, 0.15) is 17.4 Å². The van der Waals surface area contributed by atoms with Gasteiger partial charge in [0.05, 0.1) is 13.2 Å². The van der Waals surface area contributed by atoms with E-state index in [4.69, 9.17) is 10.1 Å². The zero-order valence-corrected chi connectivity index (χ0v) is 17.4. The molecule has 2 aliphatic rings. The summed E-state index contributed by atoms with van der Waals surface area (Å²) >= 11 is 0. The number of likely N-dealkylation sites (tertiary alicyclic amines) is 1. The molecule has 1 aliphatic heterocycles. The van der Waals surface area contributed by atoms with Gasteiger partial charge in [-0.3, -0.25) is 5.41 Å². The number of rotatable bonds is 6. The van der Waals surface area contributed by atoms with Crippen molar-refractivity contribution in [3.63, 3.8) is 0 Å². The third kappa shape index (κ3) is 3.27. The van der Waals surface area contributed by atoms with E-state index in [0.717, 1.165) is 12.2 Å². The number of ketones is 1. The van der Waals surface area contributed by atoms with Gasteiger partial charge in [-0.1, -0.05) is 42.5 Å². The Balaban J connectivity index is 1.82. The first-order valence-electron chi connectivity index (χ1n) is 10.3. The van der Waals surface area contributed by atoms with Crippen LogP contribution in [0.2, 0.25) is 0 Å². The van der Waals surface area contributed by atoms with E-state index in [-0.39, 0.29) is 17.2 Å². The molecule has 0 radical (unpaired) electrons. The van der Waals surface area contributed by atoms with Gasteiger partial charge < -0.3 is 14.4 Å². The molecular weight excluding hydrogens is 360 g/mol. The summed E-state index contributed by atoms with van der Waals surface area (Å²) in [5.41, 5.74) is 4.49. The van der Waals surface area contributed by atoms with Gasteiger partial charge in [0.15, 0.2) is 0 Å². The van der Waals surface area contributed by atoms with Crippen LogP contribution in [0, 0.1) is 5.41 Å². The van der Waals surface area contributed by atoms with E-state index in [1.54, 1.807) is 14.0 Å². The quantitative estimate of drug-likeness (QED) is 0.741. The summed E-state index contributed by atoms with van der Waals surface area (Å²) in [6.45, 7) is 3.81. The lowest BCUT2D eigenvalue weighted by Gasteiger charge is -2.39. The summed E-state index contributed by atoms with van der Waals surface area (Å²) in [7, 11) is 1.68. The number of carbonyl (C=O) groups is 1. The summed E-state index contributed by atoms with van der Waals surface area (Å²) in [6, 6.07) is 16.7. The smallest absolute Gasteiger partial charge is 0.129 e. The van der Waals surface area contributed by atoms with Crippen LogP contribution in [-0.2, 0) is 16.6 Å². The molecule has 150 valence electrons. The standard InChI is InChI=1S/C25H28N2O2/c1-17(28)13-14-25-16-24(26)27(18(2)19-7-5-4-6-8-19)23(25)12-10-20-9-11-21(29-3)15-22(20)25/h4-9,11-12,15,18,26H,10,13-14,16H2,1-3H3/t18-,25+/m1/s1. The predicted octanol–water partition coefficient (Wildman–Crippen LogP) is 5.19. The van der Waals surface area contributed by atoms with Crippen LogP contribution in [0.1, 0.15) is 55.8 Å². The summed E-state index contributed by atoms with van der Waals surface area (Å²) in [5, 5.41) is 8.90. The largest absolute Gasteiger partial charge is 0.497 e. The molecule has 4 nitrogen and oxygen atoms in total. The van der Waals surface area contributed by atoms with E-state index in [1.807, 2.05) is 24.3 Å². The minimum absolute atomic E-state index is 0.0707. The molecule has 1 saturated heterocycles. The summed E-state index contributed by atoms with van der Waals surface area (Å²) in [5.74, 6) is 1.63. The van der Waals surface area contributed by atoms with Crippen LogP contribution < -0.4 is 4.74 Å². The number of benzene rings is 2. The monoisotopic (exact) mass is 388 g/mol.